The molecule has 1 saturated heterocycles. The Balaban J connectivity index is 2.12. The number of aryl methyl sites for hydroxylation is 1. The van der Waals surface area contributed by atoms with Crippen LogP contribution >= 0.6 is 0 Å². The van der Waals surface area contributed by atoms with Crippen molar-refractivity contribution >= 4 is 11.7 Å². The maximum absolute atomic E-state index is 10.9. The van der Waals surface area contributed by atoms with E-state index < -0.39 is 5.97 Å². The van der Waals surface area contributed by atoms with Gasteiger partial charge in [-0.1, -0.05) is 6.92 Å². The van der Waals surface area contributed by atoms with Gasteiger partial charge in [-0.25, -0.2) is 4.79 Å². The zero-order valence-corrected chi connectivity index (χ0v) is 11.0. The predicted molar refractivity (Wildman–Crippen MR) is 72.5 cm³/mol. The van der Waals surface area contributed by atoms with E-state index in [4.69, 9.17) is 5.11 Å². The van der Waals surface area contributed by atoms with Crippen LogP contribution < -0.4 is 4.90 Å². The number of aromatic carboxylic acids is 1. The monoisotopic (exact) mass is 248 g/mol. The van der Waals surface area contributed by atoms with Crippen LogP contribution in [-0.2, 0) is 0 Å². The van der Waals surface area contributed by atoms with Gasteiger partial charge in [0.15, 0.2) is 0 Å². The van der Waals surface area contributed by atoms with Crippen LogP contribution in [0.1, 0.15) is 22.8 Å². The maximum Gasteiger partial charge on any atom is 0.335 e. The number of nitrogens with zero attached hydrogens (tertiary/aromatic N) is 2. The quantitative estimate of drug-likeness (QED) is 0.886. The lowest BCUT2D eigenvalue weighted by atomic mass is 10.1. The van der Waals surface area contributed by atoms with Gasteiger partial charge < -0.3 is 14.9 Å². The first-order chi connectivity index (χ1) is 8.61. The van der Waals surface area contributed by atoms with E-state index in [1.807, 2.05) is 13.0 Å². The van der Waals surface area contributed by atoms with Crippen LogP contribution in [0.2, 0.25) is 0 Å². The van der Waals surface area contributed by atoms with Gasteiger partial charge in [-0.2, -0.15) is 0 Å². The molecule has 1 aliphatic heterocycles. The molecule has 0 amide bonds. The first kappa shape index (κ1) is 12.9. The molecule has 0 bridgehead atoms. The van der Waals surface area contributed by atoms with E-state index in [0.717, 1.165) is 44.0 Å². The molecule has 4 nitrogen and oxygen atoms in total. The molecule has 0 radical (unpaired) electrons. The maximum atomic E-state index is 10.9. The molecule has 0 aromatic heterocycles. The van der Waals surface area contributed by atoms with Gasteiger partial charge in [0.05, 0.1) is 5.56 Å². The fourth-order valence-electron chi connectivity index (χ4n) is 2.45. The molecule has 0 unspecified atom stereocenters. The molecule has 1 aliphatic rings. The van der Waals surface area contributed by atoms with Crippen LogP contribution in [-0.4, -0.2) is 48.7 Å². The van der Waals surface area contributed by atoms with Gasteiger partial charge in [0, 0.05) is 31.9 Å². The normalized spacial score (nSPS) is 16.9. The first-order valence-corrected chi connectivity index (χ1v) is 6.43. The summed E-state index contributed by atoms with van der Waals surface area (Å²) >= 11 is 0. The fourth-order valence-corrected chi connectivity index (χ4v) is 2.45. The summed E-state index contributed by atoms with van der Waals surface area (Å²) in [7, 11) is 0. The molecule has 4 heteroatoms. The van der Waals surface area contributed by atoms with E-state index in [1.54, 1.807) is 12.1 Å². The lowest BCUT2D eigenvalue weighted by molar-refractivity contribution is 0.0697. The SMILES string of the molecule is CCN1CCN(c2ccc(C(=O)O)cc2C)CC1. The molecule has 1 N–H and O–H groups in total. The lowest BCUT2D eigenvalue weighted by Gasteiger charge is -2.36. The van der Waals surface area contributed by atoms with Gasteiger partial charge in [0.25, 0.3) is 0 Å². The van der Waals surface area contributed by atoms with Gasteiger partial charge in [-0.05, 0) is 37.2 Å². The highest BCUT2D eigenvalue weighted by atomic mass is 16.4. The standard InChI is InChI=1S/C14H20N2O2/c1-3-15-6-8-16(9-7-15)13-5-4-12(14(17)18)10-11(13)2/h4-5,10H,3,6-9H2,1-2H3,(H,17,18). The van der Waals surface area contributed by atoms with Crippen LogP contribution in [0.5, 0.6) is 0 Å². The number of rotatable bonds is 3. The molecular formula is C14H20N2O2. The molecule has 0 saturated carbocycles. The zero-order valence-electron chi connectivity index (χ0n) is 11.0. The number of hydrogen-bond acceptors (Lipinski definition) is 3. The largest absolute Gasteiger partial charge is 0.478 e. The minimum absolute atomic E-state index is 0.364. The van der Waals surface area contributed by atoms with Crippen molar-refractivity contribution in [2.45, 2.75) is 13.8 Å². The first-order valence-electron chi connectivity index (χ1n) is 6.43. The van der Waals surface area contributed by atoms with Crippen molar-refractivity contribution in [3.8, 4) is 0 Å². The second kappa shape index (κ2) is 5.40. The summed E-state index contributed by atoms with van der Waals surface area (Å²) in [6.45, 7) is 9.46. The van der Waals surface area contributed by atoms with E-state index in [-0.39, 0.29) is 0 Å². The number of carbonyl (C=O) groups is 1. The van der Waals surface area contributed by atoms with Crippen molar-refractivity contribution < 1.29 is 9.90 Å². The number of anilines is 1. The molecule has 2 rings (SSSR count). The summed E-state index contributed by atoms with van der Waals surface area (Å²) in [6.07, 6.45) is 0. The highest BCUT2D eigenvalue weighted by molar-refractivity contribution is 5.88. The molecular weight excluding hydrogens is 228 g/mol. The predicted octanol–water partition coefficient (Wildman–Crippen LogP) is 1.84. The van der Waals surface area contributed by atoms with E-state index in [0.29, 0.717) is 5.56 Å². The summed E-state index contributed by atoms with van der Waals surface area (Å²) < 4.78 is 0. The average molecular weight is 248 g/mol. The minimum atomic E-state index is -0.861. The van der Waals surface area contributed by atoms with Crippen LogP contribution in [0.25, 0.3) is 0 Å². The Labute approximate surface area is 108 Å². The lowest BCUT2D eigenvalue weighted by Crippen LogP contribution is -2.46. The third-order valence-corrected chi connectivity index (χ3v) is 3.60. The number of benzene rings is 1. The molecule has 1 aromatic carbocycles. The van der Waals surface area contributed by atoms with Crippen molar-refractivity contribution in [2.24, 2.45) is 0 Å². The van der Waals surface area contributed by atoms with Crippen LogP contribution in [0.4, 0.5) is 5.69 Å². The Morgan fingerprint density at radius 2 is 1.94 bits per heavy atom. The van der Waals surface area contributed by atoms with Gasteiger partial charge in [-0.15, -0.1) is 0 Å². The molecule has 18 heavy (non-hydrogen) atoms. The molecule has 1 fully saturated rings. The van der Waals surface area contributed by atoms with Crippen LogP contribution in [0.15, 0.2) is 18.2 Å². The summed E-state index contributed by atoms with van der Waals surface area (Å²) in [5, 5.41) is 8.96. The van der Waals surface area contributed by atoms with Crippen molar-refractivity contribution in [1.29, 1.82) is 0 Å². The van der Waals surface area contributed by atoms with E-state index in [9.17, 15) is 4.79 Å². The Kier molecular flexibility index (Phi) is 3.87. The Morgan fingerprint density at radius 1 is 1.28 bits per heavy atom. The number of carboxylic acid groups (broad SMARTS) is 1. The van der Waals surface area contributed by atoms with E-state index in [2.05, 4.69) is 16.7 Å². The van der Waals surface area contributed by atoms with E-state index >= 15 is 0 Å². The third-order valence-electron chi connectivity index (χ3n) is 3.60. The molecule has 98 valence electrons. The average Bonchev–Trinajstić information content (AvgIpc) is 2.38. The van der Waals surface area contributed by atoms with Crippen LogP contribution in [0.3, 0.4) is 0 Å². The van der Waals surface area contributed by atoms with E-state index in [1.165, 1.54) is 0 Å². The molecule has 0 atom stereocenters. The Morgan fingerprint density at radius 3 is 2.44 bits per heavy atom. The van der Waals surface area contributed by atoms with Crippen molar-refractivity contribution in [3.63, 3.8) is 0 Å². The van der Waals surface area contributed by atoms with Crippen LogP contribution in [0, 0.1) is 6.92 Å². The summed E-state index contributed by atoms with van der Waals surface area (Å²) in [5.41, 5.74) is 2.57. The van der Waals surface area contributed by atoms with Crippen molar-refractivity contribution in [1.82, 2.24) is 4.90 Å². The third kappa shape index (κ3) is 2.64. The zero-order chi connectivity index (χ0) is 13.1. The number of piperazine rings is 1. The molecule has 1 heterocycles. The van der Waals surface area contributed by atoms with Gasteiger partial charge in [0.2, 0.25) is 0 Å². The number of hydrogen-bond donors (Lipinski definition) is 1. The molecule has 0 aliphatic carbocycles. The Bertz CT molecular complexity index is 437. The second-order valence-electron chi connectivity index (χ2n) is 4.73. The second-order valence-corrected chi connectivity index (χ2v) is 4.73. The van der Waals surface area contributed by atoms with Crippen molar-refractivity contribution in [3.05, 3.63) is 29.3 Å². The number of likely N-dealkylation sites (N-methyl/N-ethyl adjacent to an activating group) is 1. The smallest absolute Gasteiger partial charge is 0.335 e. The van der Waals surface area contributed by atoms with Crippen molar-refractivity contribution in [2.75, 3.05) is 37.6 Å². The minimum Gasteiger partial charge on any atom is -0.478 e. The Hall–Kier alpha value is -1.55. The highest BCUT2D eigenvalue weighted by Crippen LogP contribution is 2.22. The highest BCUT2D eigenvalue weighted by Gasteiger charge is 2.17. The topological polar surface area (TPSA) is 43.8 Å². The van der Waals surface area contributed by atoms with Gasteiger partial charge >= 0.3 is 5.97 Å². The molecule has 0 spiro atoms. The molecule has 1 aromatic rings. The summed E-state index contributed by atoms with van der Waals surface area (Å²) in [6, 6.07) is 5.38. The fraction of sp³-hybridized carbons (Fsp3) is 0.500. The number of carboxylic acids is 1. The van der Waals surface area contributed by atoms with Gasteiger partial charge in [0.1, 0.15) is 0 Å². The van der Waals surface area contributed by atoms with Gasteiger partial charge in [-0.3, -0.25) is 0 Å². The summed E-state index contributed by atoms with van der Waals surface area (Å²) in [5.74, 6) is -0.861. The summed E-state index contributed by atoms with van der Waals surface area (Å²) in [4.78, 5) is 15.7.